The van der Waals surface area contributed by atoms with E-state index >= 15 is 0 Å². The molecule has 1 aromatic carbocycles. The number of rotatable bonds is 6. The molecule has 0 aliphatic rings. The molecule has 0 heterocycles. The third-order valence-corrected chi connectivity index (χ3v) is 2.56. The lowest BCUT2D eigenvalue weighted by Gasteiger charge is -2.11. The lowest BCUT2D eigenvalue weighted by Crippen LogP contribution is -2.14. The highest BCUT2D eigenvalue weighted by molar-refractivity contribution is 9.10. The van der Waals surface area contributed by atoms with Gasteiger partial charge in [0.1, 0.15) is 5.75 Å². The van der Waals surface area contributed by atoms with Gasteiger partial charge in [-0.15, -0.1) is 0 Å². The second-order valence-corrected chi connectivity index (χ2v) is 4.28. The van der Waals surface area contributed by atoms with Crippen LogP contribution in [0.1, 0.15) is 25.8 Å². The minimum atomic E-state index is 0.711. The first kappa shape index (κ1) is 12.5. The van der Waals surface area contributed by atoms with E-state index < -0.39 is 0 Å². The molecule has 0 aliphatic heterocycles. The Bertz CT molecular complexity index is 302. The standard InChI is InChI=1S/C12H18BrNO/c1-3-7-14-9-10-8-11(13)5-6-12(10)15-4-2/h5-6,8,14H,3-4,7,9H2,1-2H3. The Morgan fingerprint density at radius 1 is 1.33 bits per heavy atom. The van der Waals surface area contributed by atoms with Crippen molar-refractivity contribution in [3.63, 3.8) is 0 Å². The fourth-order valence-corrected chi connectivity index (χ4v) is 1.79. The number of halogens is 1. The molecular formula is C12H18BrNO. The molecule has 0 saturated heterocycles. The molecule has 0 bridgehead atoms. The summed E-state index contributed by atoms with van der Waals surface area (Å²) in [7, 11) is 0. The van der Waals surface area contributed by atoms with E-state index in [1.807, 2.05) is 19.1 Å². The van der Waals surface area contributed by atoms with E-state index in [2.05, 4.69) is 34.2 Å². The van der Waals surface area contributed by atoms with Gasteiger partial charge in [0.15, 0.2) is 0 Å². The van der Waals surface area contributed by atoms with Gasteiger partial charge in [0, 0.05) is 16.6 Å². The van der Waals surface area contributed by atoms with Crippen LogP contribution >= 0.6 is 15.9 Å². The Labute approximate surface area is 100 Å². The highest BCUT2D eigenvalue weighted by atomic mass is 79.9. The Kier molecular flexibility index (Phi) is 5.73. The van der Waals surface area contributed by atoms with Gasteiger partial charge in [-0.25, -0.2) is 0 Å². The van der Waals surface area contributed by atoms with Crippen LogP contribution in [0.15, 0.2) is 22.7 Å². The van der Waals surface area contributed by atoms with E-state index in [0.717, 1.165) is 29.7 Å². The summed E-state index contributed by atoms with van der Waals surface area (Å²) in [6, 6.07) is 6.12. The van der Waals surface area contributed by atoms with Crippen molar-refractivity contribution in [3.05, 3.63) is 28.2 Å². The van der Waals surface area contributed by atoms with Crippen molar-refractivity contribution in [2.45, 2.75) is 26.8 Å². The van der Waals surface area contributed by atoms with Gasteiger partial charge in [0.2, 0.25) is 0 Å². The second kappa shape index (κ2) is 6.85. The molecule has 0 spiro atoms. The minimum Gasteiger partial charge on any atom is -0.494 e. The fraction of sp³-hybridized carbons (Fsp3) is 0.500. The third-order valence-electron chi connectivity index (χ3n) is 2.06. The monoisotopic (exact) mass is 271 g/mol. The summed E-state index contributed by atoms with van der Waals surface area (Å²) in [4.78, 5) is 0. The maximum atomic E-state index is 5.56. The van der Waals surface area contributed by atoms with Gasteiger partial charge >= 0.3 is 0 Å². The summed E-state index contributed by atoms with van der Waals surface area (Å²) in [5, 5.41) is 3.38. The van der Waals surface area contributed by atoms with Crippen molar-refractivity contribution >= 4 is 15.9 Å². The van der Waals surface area contributed by atoms with Gasteiger partial charge in [0.05, 0.1) is 6.61 Å². The molecule has 0 amide bonds. The lowest BCUT2D eigenvalue weighted by atomic mass is 10.2. The van der Waals surface area contributed by atoms with Crippen LogP contribution in [0, 0.1) is 0 Å². The molecule has 0 fully saturated rings. The van der Waals surface area contributed by atoms with Gasteiger partial charge in [-0.3, -0.25) is 0 Å². The molecule has 2 nitrogen and oxygen atoms in total. The Morgan fingerprint density at radius 3 is 2.80 bits per heavy atom. The summed E-state index contributed by atoms with van der Waals surface area (Å²) >= 11 is 3.47. The molecule has 0 unspecified atom stereocenters. The van der Waals surface area contributed by atoms with Crippen LogP contribution in [-0.2, 0) is 6.54 Å². The molecule has 1 rings (SSSR count). The van der Waals surface area contributed by atoms with Crippen LogP contribution in [-0.4, -0.2) is 13.2 Å². The normalized spacial score (nSPS) is 10.3. The van der Waals surface area contributed by atoms with Crippen LogP contribution in [0.2, 0.25) is 0 Å². The molecule has 0 aromatic heterocycles. The molecule has 0 radical (unpaired) electrons. The van der Waals surface area contributed by atoms with Crippen LogP contribution in [0.25, 0.3) is 0 Å². The van der Waals surface area contributed by atoms with Crippen molar-refractivity contribution in [2.24, 2.45) is 0 Å². The van der Waals surface area contributed by atoms with Crippen LogP contribution in [0.3, 0.4) is 0 Å². The average Bonchev–Trinajstić information content (AvgIpc) is 2.22. The zero-order chi connectivity index (χ0) is 11.1. The van der Waals surface area contributed by atoms with Gasteiger partial charge in [-0.2, -0.15) is 0 Å². The van der Waals surface area contributed by atoms with E-state index in [0.29, 0.717) is 6.61 Å². The second-order valence-electron chi connectivity index (χ2n) is 3.36. The highest BCUT2D eigenvalue weighted by Gasteiger charge is 2.03. The van der Waals surface area contributed by atoms with Crippen molar-refractivity contribution < 1.29 is 4.74 Å². The zero-order valence-electron chi connectivity index (χ0n) is 9.35. The molecule has 1 N–H and O–H groups in total. The summed E-state index contributed by atoms with van der Waals surface area (Å²) in [5.74, 6) is 0.976. The molecule has 0 aliphatic carbocycles. The summed E-state index contributed by atoms with van der Waals surface area (Å²) in [6.45, 7) is 6.78. The predicted molar refractivity (Wildman–Crippen MR) is 67.3 cm³/mol. The molecule has 84 valence electrons. The summed E-state index contributed by atoms with van der Waals surface area (Å²) < 4.78 is 6.66. The maximum Gasteiger partial charge on any atom is 0.123 e. The van der Waals surface area contributed by atoms with E-state index in [1.54, 1.807) is 0 Å². The summed E-state index contributed by atoms with van der Waals surface area (Å²) in [5.41, 5.74) is 1.21. The molecule has 0 atom stereocenters. The Hall–Kier alpha value is -0.540. The number of hydrogen-bond acceptors (Lipinski definition) is 2. The minimum absolute atomic E-state index is 0.711. The molecule has 15 heavy (non-hydrogen) atoms. The number of nitrogens with one attached hydrogen (secondary N) is 1. The maximum absolute atomic E-state index is 5.56. The first-order valence-electron chi connectivity index (χ1n) is 5.39. The van der Waals surface area contributed by atoms with Crippen molar-refractivity contribution in [1.29, 1.82) is 0 Å². The number of hydrogen-bond donors (Lipinski definition) is 1. The largest absolute Gasteiger partial charge is 0.494 e. The topological polar surface area (TPSA) is 21.3 Å². The van der Waals surface area contributed by atoms with Crippen molar-refractivity contribution in [3.8, 4) is 5.75 Å². The predicted octanol–water partition coefficient (Wildman–Crippen LogP) is 3.35. The van der Waals surface area contributed by atoms with Gasteiger partial charge in [0.25, 0.3) is 0 Å². The fourth-order valence-electron chi connectivity index (χ4n) is 1.38. The third kappa shape index (κ3) is 4.22. The van der Waals surface area contributed by atoms with Crippen LogP contribution in [0.4, 0.5) is 0 Å². The molecular weight excluding hydrogens is 254 g/mol. The molecule has 1 aromatic rings. The average molecular weight is 272 g/mol. The van der Waals surface area contributed by atoms with Crippen LogP contribution in [0.5, 0.6) is 5.75 Å². The quantitative estimate of drug-likeness (QED) is 0.802. The molecule has 0 saturated carbocycles. The Morgan fingerprint density at radius 2 is 2.13 bits per heavy atom. The highest BCUT2D eigenvalue weighted by Crippen LogP contribution is 2.23. The van der Waals surface area contributed by atoms with Gasteiger partial charge in [-0.05, 0) is 38.1 Å². The number of benzene rings is 1. The summed E-state index contributed by atoms with van der Waals surface area (Å²) in [6.07, 6.45) is 1.15. The lowest BCUT2D eigenvalue weighted by molar-refractivity contribution is 0.335. The van der Waals surface area contributed by atoms with E-state index in [1.165, 1.54) is 5.56 Å². The van der Waals surface area contributed by atoms with Crippen LogP contribution < -0.4 is 10.1 Å². The van der Waals surface area contributed by atoms with E-state index in [4.69, 9.17) is 4.74 Å². The SMILES string of the molecule is CCCNCc1cc(Br)ccc1OCC. The van der Waals surface area contributed by atoms with Crippen molar-refractivity contribution in [1.82, 2.24) is 5.32 Å². The Balaban J connectivity index is 2.68. The number of ether oxygens (including phenoxy) is 1. The van der Waals surface area contributed by atoms with Gasteiger partial charge < -0.3 is 10.1 Å². The van der Waals surface area contributed by atoms with Gasteiger partial charge in [-0.1, -0.05) is 22.9 Å². The first-order valence-corrected chi connectivity index (χ1v) is 6.19. The smallest absolute Gasteiger partial charge is 0.123 e. The molecule has 3 heteroatoms. The van der Waals surface area contributed by atoms with E-state index in [9.17, 15) is 0 Å². The first-order chi connectivity index (χ1) is 7.27. The zero-order valence-corrected chi connectivity index (χ0v) is 10.9. The van der Waals surface area contributed by atoms with Crippen molar-refractivity contribution in [2.75, 3.05) is 13.2 Å². The van der Waals surface area contributed by atoms with E-state index in [-0.39, 0.29) is 0 Å².